The molecule has 0 aromatic heterocycles. The molecule has 1 amide bonds. The summed E-state index contributed by atoms with van der Waals surface area (Å²) in [5, 5.41) is 0. The molecule has 15 heavy (non-hydrogen) atoms. The van der Waals surface area contributed by atoms with Gasteiger partial charge < -0.3 is 0 Å². The van der Waals surface area contributed by atoms with E-state index in [2.05, 4.69) is 24.2 Å². The van der Waals surface area contributed by atoms with Gasteiger partial charge >= 0.3 is 0 Å². The number of nitrogens with zero attached hydrogens (tertiary/aromatic N) is 1. The van der Waals surface area contributed by atoms with Gasteiger partial charge in [0.1, 0.15) is 0 Å². The van der Waals surface area contributed by atoms with Crippen LogP contribution in [0, 0.1) is 11.8 Å². The van der Waals surface area contributed by atoms with Gasteiger partial charge in [0.2, 0.25) is 0 Å². The van der Waals surface area contributed by atoms with Crippen LogP contribution >= 0.6 is 0 Å². The van der Waals surface area contributed by atoms with E-state index in [4.69, 9.17) is 5.84 Å². The van der Waals surface area contributed by atoms with Crippen molar-refractivity contribution in [3.8, 4) is 0 Å². The van der Waals surface area contributed by atoms with E-state index in [1.807, 2.05) is 6.92 Å². The molecule has 2 unspecified atom stereocenters. The molecule has 0 aromatic carbocycles. The Morgan fingerprint density at radius 1 is 1.60 bits per heavy atom. The molecule has 0 aromatic rings. The van der Waals surface area contributed by atoms with Crippen LogP contribution in [0.1, 0.15) is 33.6 Å². The van der Waals surface area contributed by atoms with Crippen molar-refractivity contribution in [2.45, 2.75) is 39.7 Å². The average Bonchev–Trinajstić information content (AvgIpc) is 2.68. The van der Waals surface area contributed by atoms with E-state index in [0.29, 0.717) is 5.92 Å². The second kappa shape index (κ2) is 5.47. The fourth-order valence-corrected chi connectivity index (χ4v) is 2.35. The summed E-state index contributed by atoms with van der Waals surface area (Å²) >= 11 is 0. The van der Waals surface area contributed by atoms with Gasteiger partial charge in [-0.3, -0.25) is 15.1 Å². The lowest BCUT2D eigenvalue weighted by molar-refractivity contribution is -0.126. The molecular formula is C11H23N3O. The molecule has 1 fully saturated rings. The van der Waals surface area contributed by atoms with Crippen LogP contribution in [0.2, 0.25) is 0 Å². The maximum absolute atomic E-state index is 11.5. The fraction of sp³-hybridized carbons (Fsp3) is 0.909. The zero-order chi connectivity index (χ0) is 11.4. The van der Waals surface area contributed by atoms with Crippen LogP contribution < -0.4 is 11.3 Å². The van der Waals surface area contributed by atoms with Crippen LogP contribution in [-0.4, -0.2) is 29.9 Å². The lowest BCUT2D eigenvalue weighted by Gasteiger charge is -2.25. The Morgan fingerprint density at radius 2 is 2.27 bits per heavy atom. The normalized spacial score (nSPS) is 24.5. The first-order valence-electron chi connectivity index (χ1n) is 5.84. The number of amides is 1. The molecule has 0 bridgehead atoms. The molecule has 3 N–H and O–H groups in total. The van der Waals surface area contributed by atoms with Crippen LogP contribution in [0.15, 0.2) is 0 Å². The van der Waals surface area contributed by atoms with Gasteiger partial charge in [-0.1, -0.05) is 20.8 Å². The predicted molar refractivity (Wildman–Crippen MR) is 60.9 cm³/mol. The van der Waals surface area contributed by atoms with Crippen molar-refractivity contribution < 1.29 is 4.79 Å². The zero-order valence-corrected chi connectivity index (χ0v) is 9.99. The lowest BCUT2D eigenvalue weighted by Crippen LogP contribution is -2.48. The molecule has 0 aliphatic carbocycles. The van der Waals surface area contributed by atoms with E-state index in [1.165, 1.54) is 6.42 Å². The standard InChI is InChI=1S/C11H23N3O/c1-4-10(11(15)13-12)14-6-5-9(7-14)8(2)3/h8-10H,4-7,12H2,1-3H3,(H,13,15). The summed E-state index contributed by atoms with van der Waals surface area (Å²) in [6, 6.07) is -0.0428. The Morgan fingerprint density at radius 3 is 2.67 bits per heavy atom. The number of nitrogens with one attached hydrogen (secondary N) is 1. The summed E-state index contributed by atoms with van der Waals surface area (Å²) in [6.07, 6.45) is 2.03. The first kappa shape index (κ1) is 12.5. The van der Waals surface area contributed by atoms with Crippen molar-refractivity contribution in [3.05, 3.63) is 0 Å². The quantitative estimate of drug-likeness (QED) is 0.411. The van der Waals surface area contributed by atoms with Crippen molar-refractivity contribution in [2.24, 2.45) is 17.7 Å². The molecule has 1 aliphatic rings. The van der Waals surface area contributed by atoms with Crippen molar-refractivity contribution >= 4 is 5.91 Å². The summed E-state index contributed by atoms with van der Waals surface area (Å²) in [4.78, 5) is 13.8. The number of hydrazine groups is 1. The zero-order valence-electron chi connectivity index (χ0n) is 9.99. The Labute approximate surface area is 92.2 Å². The smallest absolute Gasteiger partial charge is 0.251 e. The molecular weight excluding hydrogens is 190 g/mol. The highest BCUT2D eigenvalue weighted by Crippen LogP contribution is 2.25. The van der Waals surface area contributed by atoms with E-state index >= 15 is 0 Å². The number of carbonyl (C=O) groups is 1. The third kappa shape index (κ3) is 2.92. The minimum absolute atomic E-state index is 0.0428. The third-order valence-electron chi connectivity index (χ3n) is 3.47. The number of hydrogen-bond acceptors (Lipinski definition) is 3. The highest BCUT2D eigenvalue weighted by atomic mass is 16.2. The van der Waals surface area contributed by atoms with Gasteiger partial charge in [-0.15, -0.1) is 0 Å². The van der Waals surface area contributed by atoms with Gasteiger partial charge in [0.15, 0.2) is 0 Å². The van der Waals surface area contributed by atoms with Crippen molar-refractivity contribution in [1.82, 2.24) is 10.3 Å². The van der Waals surface area contributed by atoms with Gasteiger partial charge in [0, 0.05) is 6.54 Å². The predicted octanol–water partition coefficient (Wildman–Crippen LogP) is 0.733. The Balaban J connectivity index is 2.54. The van der Waals surface area contributed by atoms with Crippen LogP contribution in [0.5, 0.6) is 0 Å². The number of nitrogens with two attached hydrogens (primary N) is 1. The van der Waals surface area contributed by atoms with Gasteiger partial charge in [-0.2, -0.15) is 0 Å². The van der Waals surface area contributed by atoms with Crippen LogP contribution in [-0.2, 0) is 4.79 Å². The maximum Gasteiger partial charge on any atom is 0.251 e. The largest absolute Gasteiger partial charge is 0.293 e. The second-order valence-electron chi connectivity index (χ2n) is 4.72. The van der Waals surface area contributed by atoms with Crippen molar-refractivity contribution in [2.75, 3.05) is 13.1 Å². The molecule has 1 rings (SSSR count). The molecule has 2 atom stereocenters. The summed E-state index contributed by atoms with van der Waals surface area (Å²) in [6.45, 7) is 8.58. The molecule has 1 heterocycles. The van der Waals surface area contributed by atoms with Crippen LogP contribution in [0.3, 0.4) is 0 Å². The minimum Gasteiger partial charge on any atom is -0.293 e. The number of carbonyl (C=O) groups excluding carboxylic acids is 1. The lowest BCUT2D eigenvalue weighted by atomic mass is 9.95. The van der Waals surface area contributed by atoms with Crippen molar-refractivity contribution in [1.29, 1.82) is 0 Å². The Bertz CT molecular complexity index is 218. The van der Waals surface area contributed by atoms with Gasteiger partial charge in [-0.25, -0.2) is 5.84 Å². The highest BCUT2D eigenvalue weighted by Gasteiger charge is 2.31. The van der Waals surface area contributed by atoms with E-state index in [-0.39, 0.29) is 11.9 Å². The summed E-state index contributed by atoms with van der Waals surface area (Å²) in [7, 11) is 0. The Hall–Kier alpha value is -0.610. The molecule has 0 radical (unpaired) electrons. The molecule has 4 heteroatoms. The summed E-state index contributed by atoms with van der Waals surface area (Å²) in [5.74, 6) is 6.56. The number of rotatable bonds is 4. The van der Waals surface area contributed by atoms with E-state index < -0.39 is 0 Å². The topological polar surface area (TPSA) is 58.4 Å². The van der Waals surface area contributed by atoms with Crippen LogP contribution in [0.25, 0.3) is 0 Å². The van der Waals surface area contributed by atoms with E-state index in [0.717, 1.165) is 25.4 Å². The second-order valence-corrected chi connectivity index (χ2v) is 4.72. The van der Waals surface area contributed by atoms with E-state index in [1.54, 1.807) is 0 Å². The molecule has 0 saturated carbocycles. The molecule has 1 aliphatic heterocycles. The van der Waals surface area contributed by atoms with Gasteiger partial charge in [0.05, 0.1) is 6.04 Å². The van der Waals surface area contributed by atoms with Gasteiger partial charge in [0.25, 0.3) is 5.91 Å². The first-order chi connectivity index (χ1) is 7.10. The summed E-state index contributed by atoms with van der Waals surface area (Å²) < 4.78 is 0. The molecule has 0 spiro atoms. The first-order valence-corrected chi connectivity index (χ1v) is 5.84. The summed E-state index contributed by atoms with van der Waals surface area (Å²) in [5.41, 5.74) is 2.26. The molecule has 4 nitrogen and oxygen atoms in total. The molecule has 1 saturated heterocycles. The average molecular weight is 213 g/mol. The fourth-order valence-electron chi connectivity index (χ4n) is 2.35. The highest BCUT2D eigenvalue weighted by molar-refractivity contribution is 5.81. The van der Waals surface area contributed by atoms with Gasteiger partial charge in [-0.05, 0) is 31.2 Å². The SMILES string of the molecule is CCC(C(=O)NN)N1CCC(C(C)C)C1. The van der Waals surface area contributed by atoms with Crippen molar-refractivity contribution in [3.63, 3.8) is 0 Å². The monoisotopic (exact) mass is 213 g/mol. The molecule has 88 valence electrons. The maximum atomic E-state index is 11.5. The van der Waals surface area contributed by atoms with Crippen LogP contribution in [0.4, 0.5) is 0 Å². The number of likely N-dealkylation sites (tertiary alicyclic amines) is 1. The Kier molecular flexibility index (Phi) is 4.54. The van der Waals surface area contributed by atoms with E-state index in [9.17, 15) is 4.79 Å². The number of hydrogen-bond donors (Lipinski definition) is 2. The minimum atomic E-state index is -0.0538. The third-order valence-corrected chi connectivity index (χ3v) is 3.47.